The quantitative estimate of drug-likeness (QED) is 0.438. The maximum Gasteiger partial charge on any atom is 0.251 e. The number of nitriles is 1. The minimum absolute atomic E-state index is 0.0678. The molecule has 1 aliphatic rings. The predicted octanol–water partition coefficient (Wildman–Crippen LogP) is 5.28. The van der Waals surface area contributed by atoms with Crippen LogP contribution in [0.3, 0.4) is 0 Å². The number of carbonyl (C=O) groups is 2. The van der Waals surface area contributed by atoms with Crippen LogP contribution in [0.25, 0.3) is 0 Å². The van der Waals surface area contributed by atoms with Gasteiger partial charge in [-0.15, -0.1) is 0 Å². The Morgan fingerprint density at radius 1 is 1.05 bits per heavy atom. The number of anilines is 1. The van der Waals surface area contributed by atoms with Gasteiger partial charge in [0.15, 0.2) is 6.19 Å². The van der Waals surface area contributed by atoms with Crippen molar-refractivity contribution in [3.63, 3.8) is 0 Å². The van der Waals surface area contributed by atoms with E-state index in [2.05, 4.69) is 37.3 Å². The van der Waals surface area contributed by atoms with Crippen molar-refractivity contribution in [2.24, 2.45) is 0 Å². The zero-order valence-corrected chi connectivity index (χ0v) is 22.5. The van der Waals surface area contributed by atoms with E-state index in [-0.39, 0.29) is 23.3 Å². The number of aromatic nitrogens is 1. The van der Waals surface area contributed by atoms with E-state index in [4.69, 9.17) is 0 Å². The average Bonchev–Trinajstić information content (AvgIpc) is 3.41. The summed E-state index contributed by atoms with van der Waals surface area (Å²) >= 11 is 0. The minimum atomic E-state index is -0.969. The van der Waals surface area contributed by atoms with E-state index < -0.39 is 12.1 Å². The topological polar surface area (TPSA) is 89.3 Å². The second-order valence-corrected chi connectivity index (χ2v) is 10.8. The summed E-state index contributed by atoms with van der Waals surface area (Å²) in [5.74, 6) is -0.590. The van der Waals surface area contributed by atoms with Crippen molar-refractivity contribution in [3.05, 3.63) is 95.8 Å². The van der Waals surface area contributed by atoms with Crippen LogP contribution in [0.2, 0.25) is 0 Å². The number of benzene rings is 2. The van der Waals surface area contributed by atoms with Crippen molar-refractivity contribution >= 4 is 17.5 Å². The zero-order valence-electron chi connectivity index (χ0n) is 22.5. The van der Waals surface area contributed by atoms with Crippen LogP contribution in [0.4, 0.5) is 5.69 Å². The zero-order chi connectivity index (χ0) is 27.3. The molecule has 2 amide bonds. The molecule has 1 aromatic heterocycles. The molecule has 1 saturated heterocycles. The molecule has 0 spiro atoms. The third kappa shape index (κ3) is 5.86. The number of likely N-dealkylation sites (tertiary alicyclic amines) is 1. The molecule has 196 valence electrons. The lowest BCUT2D eigenvalue weighted by atomic mass is 9.87. The number of rotatable bonds is 7. The minimum Gasteiger partial charge on any atom is -0.347 e. The molecule has 0 bridgehead atoms. The number of nitrogens with one attached hydrogen (secondary N) is 1. The van der Waals surface area contributed by atoms with E-state index in [1.54, 1.807) is 23.4 Å². The van der Waals surface area contributed by atoms with Crippen LogP contribution in [0.1, 0.15) is 69.3 Å². The number of hydrogen-bond acceptors (Lipinski definition) is 5. The van der Waals surface area contributed by atoms with Gasteiger partial charge in [0.1, 0.15) is 12.1 Å². The molecular formula is C31H35N5O2. The lowest BCUT2D eigenvalue weighted by molar-refractivity contribution is -0.128. The maximum atomic E-state index is 14.2. The Bertz CT molecular complexity index is 1280. The van der Waals surface area contributed by atoms with Gasteiger partial charge in [0, 0.05) is 30.2 Å². The summed E-state index contributed by atoms with van der Waals surface area (Å²) < 4.78 is 0. The van der Waals surface area contributed by atoms with Gasteiger partial charge in [-0.25, -0.2) is 0 Å². The molecule has 2 aromatic carbocycles. The molecule has 1 aliphatic heterocycles. The second-order valence-electron chi connectivity index (χ2n) is 10.8. The van der Waals surface area contributed by atoms with Crippen LogP contribution in [0, 0.1) is 11.5 Å². The molecule has 4 rings (SSSR count). The molecule has 0 unspecified atom stereocenters. The molecule has 1 N–H and O–H groups in total. The Morgan fingerprint density at radius 3 is 2.34 bits per heavy atom. The largest absolute Gasteiger partial charge is 0.347 e. The van der Waals surface area contributed by atoms with Gasteiger partial charge in [-0.3, -0.25) is 24.4 Å². The predicted molar refractivity (Wildman–Crippen MR) is 148 cm³/mol. The van der Waals surface area contributed by atoms with Crippen molar-refractivity contribution < 1.29 is 9.59 Å². The molecule has 3 atom stereocenters. The standard InChI is InChI=1S/C31H35N5O2/c1-22(23-10-6-5-7-11-23)34-29(37)28(24-12-8-18-33-20-24)36(30(38)27-13-9-19-35(27)21-32)26-16-14-25(15-17-26)31(2,3)4/h5-8,10-12,14-18,20,22,27-28H,9,13,19H2,1-4H3,(H,34,37)/t22-,27-,28-/m1/s1. The molecular weight excluding hydrogens is 474 g/mol. The van der Waals surface area contributed by atoms with Gasteiger partial charge in [-0.2, -0.15) is 5.26 Å². The summed E-state index contributed by atoms with van der Waals surface area (Å²) in [6.45, 7) is 8.84. The summed E-state index contributed by atoms with van der Waals surface area (Å²) in [5.41, 5.74) is 3.21. The molecule has 7 heteroatoms. The fourth-order valence-corrected chi connectivity index (χ4v) is 4.90. The lowest BCUT2D eigenvalue weighted by Gasteiger charge is -2.35. The number of hydrogen-bond donors (Lipinski definition) is 1. The van der Waals surface area contributed by atoms with Gasteiger partial charge in [0.05, 0.1) is 6.04 Å². The van der Waals surface area contributed by atoms with Crippen molar-refractivity contribution in [2.45, 2.75) is 64.1 Å². The van der Waals surface area contributed by atoms with Gasteiger partial charge in [-0.1, -0.05) is 69.3 Å². The van der Waals surface area contributed by atoms with E-state index in [1.165, 1.54) is 4.90 Å². The maximum absolute atomic E-state index is 14.2. The van der Waals surface area contributed by atoms with Gasteiger partial charge in [0.2, 0.25) is 5.91 Å². The molecule has 0 saturated carbocycles. The van der Waals surface area contributed by atoms with Crippen molar-refractivity contribution in [2.75, 3.05) is 11.4 Å². The summed E-state index contributed by atoms with van der Waals surface area (Å²) in [7, 11) is 0. The number of carbonyl (C=O) groups excluding carboxylic acids is 2. The SMILES string of the molecule is C[C@@H](NC(=O)[C@@H](c1cccnc1)N(C(=O)[C@H]1CCCN1C#N)c1ccc(C(C)(C)C)cc1)c1ccccc1. The Balaban J connectivity index is 1.79. The third-order valence-electron chi connectivity index (χ3n) is 7.08. The van der Waals surface area contributed by atoms with E-state index >= 15 is 0 Å². The van der Waals surface area contributed by atoms with E-state index in [1.807, 2.05) is 67.6 Å². The van der Waals surface area contributed by atoms with Crippen LogP contribution in [-0.2, 0) is 15.0 Å². The van der Waals surface area contributed by atoms with E-state index in [9.17, 15) is 14.9 Å². The monoisotopic (exact) mass is 509 g/mol. The normalized spacial score (nSPS) is 16.8. The van der Waals surface area contributed by atoms with Crippen molar-refractivity contribution in [3.8, 4) is 6.19 Å². The first-order valence-corrected chi connectivity index (χ1v) is 13.1. The van der Waals surface area contributed by atoms with Crippen LogP contribution in [0.5, 0.6) is 0 Å². The molecule has 3 aromatic rings. The third-order valence-corrected chi connectivity index (χ3v) is 7.08. The van der Waals surface area contributed by atoms with Crippen LogP contribution in [-0.4, -0.2) is 34.3 Å². The molecule has 7 nitrogen and oxygen atoms in total. The van der Waals surface area contributed by atoms with Crippen LogP contribution >= 0.6 is 0 Å². The fourth-order valence-electron chi connectivity index (χ4n) is 4.90. The van der Waals surface area contributed by atoms with Gasteiger partial charge >= 0.3 is 0 Å². The Kier molecular flexibility index (Phi) is 8.11. The van der Waals surface area contributed by atoms with E-state index in [0.29, 0.717) is 24.2 Å². The average molecular weight is 510 g/mol. The van der Waals surface area contributed by atoms with Gasteiger partial charge in [0.25, 0.3) is 5.91 Å². The molecule has 38 heavy (non-hydrogen) atoms. The van der Waals surface area contributed by atoms with Crippen LogP contribution in [0.15, 0.2) is 79.1 Å². The number of nitrogens with zero attached hydrogens (tertiary/aromatic N) is 4. The smallest absolute Gasteiger partial charge is 0.251 e. The number of pyridine rings is 1. The Morgan fingerprint density at radius 2 is 1.74 bits per heavy atom. The van der Waals surface area contributed by atoms with Gasteiger partial charge < -0.3 is 5.32 Å². The highest BCUT2D eigenvalue weighted by Crippen LogP contribution is 2.33. The summed E-state index contributed by atoms with van der Waals surface area (Å²) in [5, 5.41) is 12.8. The second kappa shape index (κ2) is 11.5. The first-order valence-electron chi connectivity index (χ1n) is 13.1. The molecule has 2 heterocycles. The van der Waals surface area contributed by atoms with Crippen LogP contribution < -0.4 is 10.2 Å². The Labute approximate surface area is 225 Å². The Hall–Kier alpha value is -4.18. The van der Waals surface area contributed by atoms with Crippen molar-refractivity contribution in [1.82, 2.24) is 15.2 Å². The molecule has 1 fully saturated rings. The summed E-state index contributed by atoms with van der Waals surface area (Å²) in [6.07, 6.45) is 6.74. The lowest BCUT2D eigenvalue weighted by Crippen LogP contribution is -2.50. The summed E-state index contributed by atoms with van der Waals surface area (Å²) in [6, 6.07) is 19.2. The molecule has 0 aliphatic carbocycles. The van der Waals surface area contributed by atoms with Gasteiger partial charge in [-0.05, 0) is 54.5 Å². The first kappa shape index (κ1) is 26.9. The summed E-state index contributed by atoms with van der Waals surface area (Å²) in [4.78, 5) is 35.6. The number of amides is 2. The highest BCUT2D eigenvalue weighted by atomic mass is 16.2. The van der Waals surface area contributed by atoms with Crippen molar-refractivity contribution in [1.29, 1.82) is 5.26 Å². The fraction of sp³-hybridized carbons (Fsp3) is 0.355. The highest BCUT2D eigenvalue weighted by molar-refractivity contribution is 6.04. The molecule has 0 radical (unpaired) electrons. The van der Waals surface area contributed by atoms with E-state index in [0.717, 1.165) is 17.5 Å². The highest BCUT2D eigenvalue weighted by Gasteiger charge is 2.40. The first-order chi connectivity index (χ1) is 18.2.